The predicted molar refractivity (Wildman–Crippen MR) is 84.3 cm³/mol. The van der Waals surface area contributed by atoms with E-state index in [9.17, 15) is 0 Å². The van der Waals surface area contributed by atoms with Crippen LogP contribution in [0.2, 0.25) is 0 Å². The van der Waals surface area contributed by atoms with Crippen LogP contribution in [0.15, 0.2) is 0 Å². The molecule has 0 bridgehead atoms. The maximum absolute atomic E-state index is 4.97. The van der Waals surface area contributed by atoms with Crippen LogP contribution < -0.4 is 10.2 Å². The number of rotatable bonds is 3. The molecule has 0 saturated carbocycles. The van der Waals surface area contributed by atoms with E-state index in [1.807, 2.05) is 18.4 Å². The fraction of sp³-hybridized carbons (Fsp3) is 0.800. The van der Waals surface area contributed by atoms with E-state index < -0.39 is 0 Å². The highest BCUT2D eigenvalue weighted by Gasteiger charge is 2.25. The molecular weight excluding hydrogens is 254 g/mol. The van der Waals surface area contributed by atoms with Gasteiger partial charge in [-0.15, -0.1) is 11.3 Å². The largest absolute Gasteiger partial charge is 0.348 e. The van der Waals surface area contributed by atoms with Crippen LogP contribution in [-0.2, 0) is 12.0 Å². The van der Waals surface area contributed by atoms with Gasteiger partial charge in [-0.25, -0.2) is 4.98 Å². The summed E-state index contributed by atoms with van der Waals surface area (Å²) >= 11 is 1.88. The highest BCUT2D eigenvalue weighted by Crippen LogP contribution is 2.34. The van der Waals surface area contributed by atoms with Crippen molar-refractivity contribution in [2.45, 2.75) is 58.4 Å². The Morgan fingerprint density at radius 2 is 1.79 bits per heavy atom. The van der Waals surface area contributed by atoms with Crippen molar-refractivity contribution in [1.82, 2.24) is 10.3 Å². The second-order valence-electron chi connectivity index (χ2n) is 6.45. The van der Waals surface area contributed by atoms with Crippen LogP contribution in [0.4, 0.5) is 5.13 Å². The molecule has 0 radical (unpaired) electrons. The average Bonchev–Trinajstić information content (AvgIpc) is 2.59. The van der Waals surface area contributed by atoms with Crippen molar-refractivity contribution in [2.75, 3.05) is 25.0 Å². The van der Waals surface area contributed by atoms with E-state index in [0.717, 1.165) is 6.54 Å². The zero-order chi connectivity index (χ0) is 13.9. The molecule has 3 nitrogen and oxygen atoms in total. The zero-order valence-corrected chi connectivity index (χ0v) is 13.6. The minimum Gasteiger partial charge on any atom is -0.348 e. The molecule has 4 heteroatoms. The first kappa shape index (κ1) is 14.8. The quantitative estimate of drug-likeness (QED) is 0.918. The molecule has 0 atom stereocenters. The van der Waals surface area contributed by atoms with Gasteiger partial charge in [-0.2, -0.15) is 0 Å². The second-order valence-corrected chi connectivity index (χ2v) is 7.51. The monoisotopic (exact) mass is 281 g/mol. The Labute approximate surface area is 121 Å². The van der Waals surface area contributed by atoms with Gasteiger partial charge >= 0.3 is 0 Å². The van der Waals surface area contributed by atoms with Crippen molar-refractivity contribution in [3.05, 3.63) is 10.6 Å². The van der Waals surface area contributed by atoms with Gasteiger partial charge in [0.15, 0.2) is 5.13 Å². The summed E-state index contributed by atoms with van der Waals surface area (Å²) in [5.74, 6) is 0. The third-order valence-electron chi connectivity index (χ3n) is 3.61. The molecule has 1 aromatic rings. The lowest BCUT2D eigenvalue weighted by molar-refractivity contribution is 0.562. The Balaban J connectivity index is 2.25. The molecule has 1 aliphatic heterocycles. The average molecular weight is 281 g/mol. The molecule has 1 aliphatic rings. The summed E-state index contributed by atoms with van der Waals surface area (Å²) < 4.78 is 0. The van der Waals surface area contributed by atoms with E-state index in [1.165, 1.54) is 54.5 Å². The highest BCUT2D eigenvalue weighted by atomic mass is 32.1. The van der Waals surface area contributed by atoms with Gasteiger partial charge in [0.25, 0.3) is 0 Å². The molecule has 1 aromatic heterocycles. The van der Waals surface area contributed by atoms with Crippen LogP contribution in [0.3, 0.4) is 0 Å². The topological polar surface area (TPSA) is 28.2 Å². The Hall–Kier alpha value is -0.610. The van der Waals surface area contributed by atoms with E-state index in [0.29, 0.717) is 0 Å². The summed E-state index contributed by atoms with van der Waals surface area (Å²) in [5.41, 5.74) is 1.40. The van der Waals surface area contributed by atoms with E-state index in [-0.39, 0.29) is 5.41 Å². The first-order valence-corrected chi connectivity index (χ1v) is 8.24. The van der Waals surface area contributed by atoms with E-state index in [4.69, 9.17) is 4.98 Å². The van der Waals surface area contributed by atoms with Gasteiger partial charge in [0.2, 0.25) is 0 Å². The van der Waals surface area contributed by atoms with Crippen molar-refractivity contribution in [1.29, 1.82) is 0 Å². The molecule has 2 heterocycles. The lowest BCUT2D eigenvalue weighted by Gasteiger charge is -2.20. The Morgan fingerprint density at radius 3 is 2.32 bits per heavy atom. The van der Waals surface area contributed by atoms with Gasteiger partial charge in [-0.1, -0.05) is 33.6 Å². The van der Waals surface area contributed by atoms with Crippen LogP contribution in [0, 0.1) is 0 Å². The Bertz CT molecular complexity index is 398. The summed E-state index contributed by atoms with van der Waals surface area (Å²) in [6, 6.07) is 0. The lowest BCUT2D eigenvalue weighted by atomic mass is 9.91. The predicted octanol–water partition coefficient (Wildman–Crippen LogP) is 3.54. The summed E-state index contributed by atoms with van der Waals surface area (Å²) in [7, 11) is 2.01. The van der Waals surface area contributed by atoms with Crippen molar-refractivity contribution in [2.24, 2.45) is 0 Å². The van der Waals surface area contributed by atoms with Crippen LogP contribution >= 0.6 is 11.3 Å². The van der Waals surface area contributed by atoms with Crippen LogP contribution in [0.5, 0.6) is 0 Å². The van der Waals surface area contributed by atoms with Gasteiger partial charge < -0.3 is 10.2 Å². The number of nitrogens with one attached hydrogen (secondary N) is 1. The van der Waals surface area contributed by atoms with Gasteiger partial charge in [0, 0.05) is 29.9 Å². The molecule has 2 rings (SSSR count). The van der Waals surface area contributed by atoms with E-state index >= 15 is 0 Å². The maximum atomic E-state index is 4.97. The van der Waals surface area contributed by atoms with E-state index in [2.05, 4.69) is 31.0 Å². The molecule has 19 heavy (non-hydrogen) atoms. The number of nitrogens with zero attached hydrogens (tertiary/aromatic N) is 2. The third kappa shape index (κ3) is 3.69. The van der Waals surface area contributed by atoms with Crippen LogP contribution in [-0.4, -0.2) is 25.1 Å². The molecule has 1 N–H and O–H groups in total. The molecule has 1 fully saturated rings. The van der Waals surface area contributed by atoms with Crippen molar-refractivity contribution >= 4 is 16.5 Å². The molecule has 1 saturated heterocycles. The summed E-state index contributed by atoms with van der Waals surface area (Å²) in [5, 5.41) is 4.51. The molecule has 0 unspecified atom stereocenters. The standard InChI is InChI=1S/C15H27N3S/c1-15(2,3)13-12(11-16-4)19-14(17-13)18-9-7-5-6-8-10-18/h16H,5-11H2,1-4H3. The summed E-state index contributed by atoms with van der Waals surface area (Å²) in [6.45, 7) is 10.1. The van der Waals surface area contributed by atoms with Crippen molar-refractivity contribution in [3.63, 3.8) is 0 Å². The molecule has 0 amide bonds. The number of thiazole rings is 1. The molecule has 0 aromatic carbocycles. The highest BCUT2D eigenvalue weighted by molar-refractivity contribution is 7.15. The van der Waals surface area contributed by atoms with Crippen LogP contribution in [0.25, 0.3) is 0 Å². The molecule has 0 aliphatic carbocycles. The minimum atomic E-state index is 0.132. The minimum absolute atomic E-state index is 0.132. The Kier molecular flexibility index (Phi) is 4.85. The maximum Gasteiger partial charge on any atom is 0.185 e. The van der Waals surface area contributed by atoms with E-state index in [1.54, 1.807) is 0 Å². The van der Waals surface area contributed by atoms with Crippen molar-refractivity contribution < 1.29 is 0 Å². The Morgan fingerprint density at radius 1 is 1.16 bits per heavy atom. The number of aromatic nitrogens is 1. The number of hydrogen-bond acceptors (Lipinski definition) is 4. The molecule has 108 valence electrons. The first-order chi connectivity index (χ1) is 9.02. The summed E-state index contributed by atoms with van der Waals surface area (Å²) in [4.78, 5) is 8.86. The zero-order valence-electron chi connectivity index (χ0n) is 12.8. The second kappa shape index (κ2) is 6.23. The SMILES string of the molecule is CNCc1sc(N2CCCCCC2)nc1C(C)(C)C. The van der Waals surface area contributed by atoms with Gasteiger partial charge in [0.05, 0.1) is 5.69 Å². The van der Waals surface area contributed by atoms with Crippen LogP contribution in [0.1, 0.15) is 57.0 Å². The third-order valence-corrected chi connectivity index (χ3v) is 4.73. The fourth-order valence-electron chi connectivity index (χ4n) is 2.60. The smallest absolute Gasteiger partial charge is 0.185 e. The molecule has 0 spiro atoms. The number of anilines is 1. The van der Waals surface area contributed by atoms with Crippen molar-refractivity contribution in [3.8, 4) is 0 Å². The molecular formula is C15H27N3S. The van der Waals surface area contributed by atoms with Gasteiger partial charge in [-0.05, 0) is 19.9 Å². The summed E-state index contributed by atoms with van der Waals surface area (Å²) in [6.07, 6.45) is 5.37. The normalized spacial score (nSPS) is 17.6. The fourth-order valence-corrected chi connectivity index (χ4v) is 3.94. The van der Waals surface area contributed by atoms with Gasteiger partial charge in [0.1, 0.15) is 0 Å². The lowest BCUT2D eigenvalue weighted by Crippen LogP contribution is -2.24. The number of hydrogen-bond donors (Lipinski definition) is 1. The first-order valence-electron chi connectivity index (χ1n) is 7.42. The van der Waals surface area contributed by atoms with Gasteiger partial charge in [-0.3, -0.25) is 0 Å².